The van der Waals surface area contributed by atoms with E-state index in [-0.39, 0.29) is 25.1 Å². The molecule has 0 radical (unpaired) electrons. The van der Waals surface area contributed by atoms with Crippen molar-refractivity contribution in [1.82, 2.24) is 10.2 Å². The number of hydrogen-bond donors (Lipinski definition) is 1. The number of nitrogens with zero attached hydrogens (tertiary/aromatic N) is 1. The topological polar surface area (TPSA) is 58.6 Å². The zero-order valence-corrected chi connectivity index (χ0v) is 17.7. The van der Waals surface area contributed by atoms with E-state index in [1.54, 1.807) is 49.4 Å². The number of carbonyl (C=O) groups excluding carboxylic acids is 2. The van der Waals surface area contributed by atoms with Crippen molar-refractivity contribution in [2.75, 3.05) is 6.61 Å². The van der Waals surface area contributed by atoms with E-state index < -0.39 is 17.8 Å². The van der Waals surface area contributed by atoms with Crippen LogP contribution in [0, 0.1) is 5.82 Å². The van der Waals surface area contributed by atoms with Crippen LogP contribution in [0.2, 0.25) is 0 Å². The molecule has 1 N–H and O–H groups in total. The van der Waals surface area contributed by atoms with E-state index in [0.29, 0.717) is 11.3 Å². The van der Waals surface area contributed by atoms with Gasteiger partial charge in [0.1, 0.15) is 17.6 Å². The number of rotatable bonds is 8. The van der Waals surface area contributed by atoms with Crippen LogP contribution in [0.3, 0.4) is 0 Å². The molecule has 2 aromatic carbocycles. The Morgan fingerprint density at radius 2 is 1.75 bits per heavy atom. The fourth-order valence-electron chi connectivity index (χ4n) is 2.56. The second-order valence-electron chi connectivity index (χ2n) is 6.69. The molecule has 0 saturated carbocycles. The van der Waals surface area contributed by atoms with Crippen LogP contribution in [-0.4, -0.2) is 35.4 Å². The molecule has 2 amide bonds. The Balaban J connectivity index is 2.15. The summed E-state index contributed by atoms with van der Waals surface area (Å²) >= 11 is 3.34. The molecule has 2 rings (SSSR count). The second kappa shape index (κ2) is 10.2. The molecule has 0 spiro atoms. The first kappa shape index (κ1) is 21.9. The van der Waals surface area contributed by atoms with Crippen LogP contribution in [0.5, 0.6) is 5.75 Å². The number of hydrogen-bond acceptors (Lipinski definition) is 3. The zero-order chi connectivity index (χ0) is 20.7. The molecule has 150 valence electrons. The average molecular weight is 451 g/mol. The van der Waals surface area contributed by atoms with Crippen molar-refractivity contribution >= 4 is 27.7 Å². The Kier molecular flexibility index (Phi) is 7.99. The van der Waals surface area contributed by atoms with E-state index in [4.69, 9.17) is 4.74 Å². The van der Waals surface area contributed by atoms with Crippen LogP contribution >= 0.6 is 15.9 Å². The molecule has 0 unspecified atom stereocenters. The standard InChI is InChI=1S/C21H24BrFN2O3/c1-14(2)24-21(27)15(3)25(12-16-6-4-5-7-19(16)23)20(26)13-28-18-10-8-17(22)9-11-18/h4-11,14-15H,12-13H2,1-3H3,(H,24,27)/t15-/m1/s1. The largest absolute Gasteiger partial charge is 0.484 e. The van der Waals surface area contributed by atoms with E-state index in [9.17, 15) is 14.0 Å². The SMILES string of the molecule is CC(C)NC(=O)[C@@H](C)N(Cc1ccccc1F)C(=O)COc1ccc(Br)cc1. The molecule has 1 atom stereocenters. The lowest BCUT2D eigenvalue weighted by Gasteiger charge is -2.29. The summed E-state index contributed by atoms with van der Waals surface area (Å²) in [7, 11) is 0. The Morgan fingerprint density at radius 3 is 2.36 bits per heavy atom. The van der Waals surface area contributed by atoms with Gasteiger partial charge < -0.3 is 15.0 Å². The first-order valence-corrected chi connectivity index (χ1v) is 9.79. The Bertz CT molecular complexity index is 812. The zero-order valence-electron chi connectivity index (χ0n) is 16.1. The Labute approximate surface area is 173 Å². The van der Waals surface area contributed by atoms with Gasteiger partial charge in [-0.25, -0.2) is 4.39 Å². The maximum atomic E-state index is 14.1. The van der Waals surface area contributed by atoms with Crippen molar-refractivity contribution < 1.29 is 18.7 Å². The molecule has 0 heterocycles. The van der Waals surface area contributed by atoms with Gasteiger partial charge >= 0.3 is 0 Å². The fourth-order valence-corrected chi connectivity index (χ4v) is 2.82. The maximum absolute atomic E-state index is 14.1. The highest BCUT2D eigenvalue weighted by Gasteiger charge is 2.27. The van der Waals surface area contributed by atoms with Crippen molar-refractivity contribution in [3.63, 3.8) is 0 Å². The monoisotopic (exact) mass is 450 g/mol. The van der Waals surface area contributed by atoms with Gasteiger partial charge in [-0.2, -0.15) is 0 Å². The second-order valence-corrected chi connectivity index (χ2v) is 7.61. The minimum atomic E-state index is -0.775. The van der Waals surface area contributed by atoms with Gasteiger partial charge in [0.25, 0.3) is 5.91 Å². The number of nitrogens with one attached hydrogen (secondary N) is 1. The van der Waals surface area contributed by atoms with E-state index >= 15 is 0 Å². The average Bonchev–Trinajstić information content (AvgIpc) is 2.65. The third kappa shape index (κ3) is 6.34. The van der Waals surface area contributed by atoms with Crippen LogP contribution in [0.1, 0.15) is 26.3 Å². The number of ether oxygens (including phenoxy) is 1. The smallest absolute Gasteiger partial charge is 0.261 e. The molecule has 28 heavy (non-hydrogen) atoms. The molecular formula is C21H24BrFN2O3. The predicted molar refractivity (Wildman–Crippen MR) is 109 cm³/mol. The first-order chi connectivity index (χ1) is 13.3. The summed E-state index contributed by atoms with van der Waals surface area (Å²) in [5.74, 6) is -0.604. The minimum Gasteiger partial charge on any atom is -0.484 e. The molecule has 0 aliphatic carbocycles. The summed E-state index contributed by atoms with van der Waals surface area (Å²) in [6, 6.07) is 12.4. The van der Waals surface area contributed by atoms with Gasteiger partial charge in [0.05, 0.1) is 0 Å². The number of carbonyl (C=O) groups is 2. The lowest BCUT2D eigenvalue weighted by atomic mass is 10.1. The summed E-state index contributed by atoms with van der Waals surface area (Å²) < 4.78 is 20.5. The third-order valence-electron chi connectivity index (χ3n) is 4.07. The van der Waals surface area contributed by atoms with Crippen molar-refractivity contribution in [2.45, 2.75) is 39.4 Å². The molecule has 2 aromatic rings. The van der Waals surface area contributed by atoms with Crippen molar-refractivity contribution in [2.24, 2.45) is 0 Å². The van der Waals surface area contributed by atoms with E-state index in [1.165, 1.54) is 11.0 Å². The summed E-state index contributed by atoms with van der Waals surface area (Å²) in [4.78, 5) is 26.6. The molecule has 0 saturated heterocycles. The van der Waals surface area contributed by atoms with E-state index in [0.717, 1.165) is 4.47 Å². The van der Waals surface area contributed by atoms with Gasteiger partial charge in [0, 0.05) is 22.6 Å². The quantitative estimate of drug-likeness (QED) is 0.662. The Morgan fingerprint density at radius 1 is 1.11 bits per heavy atom. The van der Waals surface area contributed by atoms with Gasteiger partial charge in [-0.3, -0.25) is 9.59 Å². The van der Waals surface area contributed by atoms with Crippen molar-refractivity contribution in [3.8, 4) is 5.75 Å². The maximum Gasteiger partial charge on any atom is 0.261 e. The number of amides is 2. The molecule has 0 aromatic heterocycles. The van der Waals surface area contributed by atoms with Gasteiger partial charge in [0.15, 0.2) is 6.61 Å². The summed E-state index contributed by atoms with van der Waals surface area (Å²) in [6.45, 7) is 5.02. The Hall–Kier alpha value is -2.41. The normalized spacial score (nSPS) is 11.8. The third-order valence-corrected chi connectivity index (χ3v) is 4.60. The van der Waals surface area contributed by atoms with Crippen molar-refractivity contribution in [1.29, 1.82) is 0 Å². The molecule has 0 bridgehead atoms. The predicted octanol–water partition coefficient (Wildman–Crippen LogP) is 3.91. The highest BCUT2D eigenvalue weighted by Crippen LogP contribution is 2.17. The van der Waals surface area contributed by atoms with Gasteiger partial charge in [0.2, 0.25) is 5.91 Å². The van der Waals surface area contributed by atoms with Crippen LogP contribution < -0.4 is 10.1 Å². The van der Waals surface area contributed by atoms with Crippen LogP contribution in [0.15, 0.2) is 53.0 Å². The van der Waals surface area contributed by atoms with E-state index in [1.807, 2.05) is 13.8 Å². The van der Waals surface area contributed by atoms with Crippen LogP contribution in [-0.2, 0) is 16.1 Å². The van der Waals surface area contributed by atoms with Crippen LogP contribution in [0.4, 0.5) is 4.39 Å². The summed E-state index contributed by atoms with van der Waals surface area (Å²) in [5, 5.41) is 2.79. The fraction of sp³-hybridized carbons (Fsp3) is 0.333. The molecule has 0 fully saturated rings. The molecule has 0 aliphatic rings. The molecule has 0 aliphatic heterocycles. The van der Waals surface area contributed by atoms with Gasteiger partial charge in [-0.15, -0.1) is 0 Å². The molecule has 7 heteroatoms. The number of benzene rings is 2. The summed E-state index contributed by atoms with van der Waals surface area (Å²) in [6.07, 6.45) is 0. The summed E-state index contributed by atoms with van der Waals surface area (Å²) in [5.41, 5.74) is 0.337. The molecular weight excluding hydrogens is 427 g/mol. The number of halogens is 2. The van der Waals surface area contributed by atoms with Gasteiger partial charge in [-0.1, -0.05) is 34.1 Å². The highest BCUT2D eigenvalue weighted by molar-refractivity contribution is 9.10. The van der Waals surface area contributed by atoms with Crippen LogP contribution in [0.25, 0.3) is 0 Å². The van der Waals surface area contributed by atoms with Crippen molar-refractivity contribution in [3.05, 3.63) is 64.4 Å². The highest BCUT2D eigenvalue weighted by atomic mass is 79.9. The lowest BCUT2D eigenvalue weighted by molar-refractivity contribution is -0.142. The lowest BCUT2D eigenvalue weighted by Crippen LogP contribution is -2.50. The van der Waals surface area contributed by atoms with E-state index in [2.05, 4.69) is 21.2 Å². The minimum absolute atomic E-state index is 0.0259. The molecule has 5 nitrogen and oxygen atoms in total. The van der Waals surface area contributed by atoms with Gasteiger partial charge in [-0.05, 0) is 51.1 Å². The first-order valence-electron chi connectivity index (χ1n) is 8.99.